The van der Waals surface area contributed by atoms with E-state index in [-0.39, 0.29) is 6.04 Å². The van der Waals surface area contributed by atoms with E-state index in [2.05, 4.69) is 25.3 Å². The van der Waals surface area contributed by atoms with Crippen molar-refractivity contribution < 1.29 is 4.74 Å². The number of hydrogen-bond donors (Lipinski definition) is 1. The second kappa shape index (κ2) is 5.38. The molecule has 1 saturated heterocycles. The zero-order chi connectivity index (χ0) is 13.1. The molecule has 1 aliphatic rings. The second-order valence-corrected chi connectivity index (χ2v) is 4.43. The minimum Gasteiger partial charge on any atom is -0.378 e. The molecule has 0 bridgehead atoms. The molecule has 98 valence electrons. The predicted octanol–water partition coefficient (Wildman–Crippen LogP) is 0.903. The summed E-state index contributed by atoms with van der Waals surface area (Å²) in [5.41, 5.74) is 2.69. The summed E-state index contributed by atoms with van der Waals surface area (Å²) in [5, 5.41) is 3.39. The van der Waals surface area contributed by atoms with Crippen LogP contribution in [0.2, 0.25) is 0 Å². The lowest BCUT2D eigenvalue weighted by Gasteiger charge is -2.23. The van der Waals surface area contributed by atoms with Crippen LogP contribution in [0, 0.1) is 6.92 Å². The lowest BCUT2D eigenvalue weighted by Crippen LogP contribution is -2.35. The minimum absolute atomic E-state index is 0.124. The van der Waals surface area contributed by atoms with Crippen molar-refractivity contribution in [2.45, 2.75) is 13.0 Å². The third-order valence-corrected chi connectivity index (χ3v) is 2.99. The molecule has 0 radical (unpaired) electrons. The molecular formula is C13H15N5O. The van der Waals surface area contributed by atoms with Gasteiger partial charge in [-0.15, -0.1) is 0 Å². The Morgan fingerprint density at radius 3 is 2.84 bits per heavy atom. The van der Waals surface area contributed by atoms with Gasteiger partial charge in [0.2, 0.25) is 0 Å². The second-order valence-electron chi connectivity index (χ2n) is 4.43. The van der Waals surface area contributed by atoms with E-state index in [4.69, 9.17) is 4.74 Å². The maximum atomic E-state index is 5.47. The maximum absolute atomic E-state index is 5.47. The summed E-state index contributed by atoms with van der Waals surface area (Å²) in [4.78, 5) is 17.0. The van der Waals surface area contributed by atoms with E-state index in [1.165, 1.54) is 6.33 Å². The smallest absolute Gasteiger partial charge is 0.126 e. The molecule has 0 spiro atoms. The standard InChI is InChI=1S/C13H15N5O/c1-9-17-11(10-5-14-8-15-6-10)4-12(18-9)13-7-19-3-2-16-13/h4-6,8,13,16H,2-3,7H2,1H3. The largest absolute Gasteiger partial charge is 0.378 e. The van der Waals surface area contributed by atoms with Crippen LogP contribution in [0.5, 0.6) is 0 Å². The first-order valence-electron chi connectivity index (χ1n) is 6.25. The fourth-order valence-electron chi connectivity index (χ4n) is 2.10. The van der Waals surface area contributed by atoms with E-state index in [9.17, 15) is 0 Å². The molecule has 6 nitrogen and oxygen atoms in total. The Kier molecular flexibility index (Phi) is 3.43. The van der Waals surface area contributed by atoms with Gasteiger partial charge < -0.3 is 10.1 Å². The van der Waals surface area contributed by atoms with Crippen molar-refractivity contribution >= 4 is 0 Å². The molecule has 2 aromatic heterocycles. The molecule has 3 rings (SSSR count). The van der Waals surface area contributed by atoms with Crippen molar-refractivity contribution in [3.05, 3.63) is 36.3 Å². The molecule has 1 N–H and O–H groups in total. The predicted molar refractivity (Wildman–Crippen MR) is 69.4 cm³/mol. The zero-order valence-electron chi connectivity index (χ0n) is 10.7. The van der Waals surface area contributed by atoms with Crippen LogP contribution in [0.1, 0.15) is 17.6 Å². The molecule has 0 amide bonds. The summed E-state index contributed by atoms with van der Waals surface area (Å²) < 4.78 is 5.47. The number of aromatic nitrogens is 4. The Morgan fingerprint density at radius 2 is 2.11 bits per heavy atom. The SMILES string of the molecule is Cc1nc(-c2cncnc2)cc(C2COCCN2)n1. The van der Waals surface area contributed by atoms with Gasteiger partial charge in [0, 0.05) is 24.5 Å². The molecule has 1 atom stereocenters. The van der Waals surface area contributed by atoms with Crippen LogP contribution in [0.4, 0.5) is 0 Å². The number of nitrogens with zero attached hydrogens (tertiary/aromatic N) is 4. The van der Waals surface area contributed by atoms with E-state index < -0.39 is 0 Å². The first kappa shape index (κ1) is 12.1. The zero-order valence-corrected chi connectivity index (χ0v) is 10.7. The molecule has 1 aliphatic heterocycles. The van der Waals surface area contributed by atoms with E-state index in [0.29, 0.717) is 6.61 Å². The van der Waals surface area contributed by atoms with E-state index in [1.807, 2.05) is 13.0 Å². The highest BCUT2D eigenvalue weighted by Crippen LogP contribution is 2.20. The van der Waals surface area contributed by atoms with Gasteiger partial charge in [-0.05, 0) is 13.0 Å². The van der Waals surface area contributed by atoms with Crippen LogP contribution < -0.4 is 5.32 Å². The van der Waals surface area contributed by atoms with Gasteiger partial charge in [-0.3, -0.25) is 0 Å². The monoisotopic (exact) mass is 257 g/mol. The lowest BCUT2D eigenvalue weighted by atomic mass is 10.1. The van der Waals surface area contributed by atoms with Gasteiger partial charge in [0.1, 0.15) is 12.2 Å². The Hall–Kier alpha value is -1.92. The third kappa shape index (κ3) is 2.74. The van der Waals surface area contributed by atoms with Crippen LogP contribution in [0.15, 0.2) is 24.8 Å². The van der Waals surface area contributed by atoms with E-state index >= 15 is 0 Å². The first-order valence-corrected chi connectivity index (χ1v) is 6.25. The van der Waals surface area contributed by atoms with E-state index in [0.717, 1.165) is 35.9 Å². The fourth-order valence-corrected chi connectivity index (χ4v) is 2.10. The molecule has 1 unspecified atom stereocenters. The van der Waals surface area contributed by atoms with Crippen LogP contribution in [-0.4, -0.2) is 39.7 Å². The Bertz CT molecular complexity index is 554. The molecule has 0 aliphatic carbocycles. The van der Waals surface area contributed by atoms with Gasteiger partial charge in [-0.25, -0.2) is 19.9 Å². The molecular weight excluding hydrogens is 242 g/mol. The molecule has 2 aromatic rings. The number of ether oxygens (including phenoxy) is 1. The highest BCUT2D eigenvalue weighted by molar-refractivity contribution is 5.56. The lowest BCUT2D eigenvalue weighted by molar-refractivity contribution is 0.0755. The van der Waals surface area contributed by atoms with Crippen molar-refractivity contribution in [2.24, 2.45) is 0 Å². The summed E-state index contributed by atoms with van der Waals surface area (Å²) >= 11 is 0. The number of aryl methyl sites for hydroxylation is 1. The average Bonchev–Trinajstić information content (AvgIpc) is 2.48. The molecule has 3 heterocycles. The Morgan fingerprint density at radius 1 is 1.26 bits per heavy atom. The van der Waals surface area contributed by atoms with Gasteiger partial charge in [-0.1, -0.05) is 0 Å². The van der Waals surface area contributed by atoms with Crippen LogP contribution in [0.25, 0.3) is 11.3 Å². The van der Waals surface area contributed by atoms with Crippen LogP contribution in [0.3, 0.4) is 0 Å². The van der Waals surface area contributed by atoms with Gasteiger partial charge in [0.15, 0.2) is 0 Å². The average molecular weight is 257 g/mol. The Labute approximate surface area is 111 Å². The van der Waals surface area contributed by atoms with Gasteiger partial charge >= 0.3 is 0 Å². The van der Waals surface area contributed by atoms with Crippen molar-refractivity contribution in [1.29, 1.82) is 0 Å². The van der Waals surface area contributed by atoms with Crippen molar-refractivity contribution in [3.63, 3.8) is 0 Å². The van der Waals surface area contributed by atoms with Crippen molar-refractivity contribution in [1.82, 2.24) is 25.3 Å². The quantitative estimate of drug-likeness (QED) is 0.862. The molecule has 6 heteroatoms. The highest BCUT2D eigenvalue weighted by Gasteiger charge is 2.18. The normalized spacial score (nSPS) is 19.3. The summed E-state index contributed by atoms with van der Waals surface area (Å²) in [6.45, 7) is 4.12. The summed E-state index contributed by atoms with van der Waals surface area (Å²) in [6, 6.07) is 2.09. The molecule has 1 fully saturated rings. The van der Waals surface area contributed by atoms with Gasteiger partial charge in [0.25, 0.3) is 0 Å². The number of morpholine rings is 1. The summed E-state index contributed by atoms with van der Waals surface area (Å²) in [6.07, 6.45) is 5.02. The number of hydrogen-bond acceptors (Lipinski definition) is 6. The number of rotatable bonds is 2. The summed E-state index contributed by atoms with van der Waals surface area (Å²) in [5.74, 6) is 0.740. The minimum atomic E-state index is 0.124. The van der Waals surface area contributed by atoms with E-state index in [1.54, 1.807) is 12.4 Å². The maximum Gasteiger partial charge on any atom is 0.126 e. The molecule has 0 saturated carbocycles. The first-order chi connectivity index (χ1) is 9.33. The fraction of sp³-hybridized carbons (Fsp3) is 0.385. The van der Waals surface area contributed by atoms with Crippen molar-refractivity contribution in [3.8, 4) is 11.3 Å². The highest BCUT2D eigenvalue weighted by atomic mass is 16.5. The van der Waals surface area contributed by atoms with Crippen LogP contribution >= 0.6 is 0 Å². The molecule has 19 heavy (non-hydrogen) atoms. The Balaban J connectivity index is 1.96. The number of nitrogens with one attached hydrogen (secondary N) is 1. The topological polar surface area (TPSA) is 72.8 Å². The summed E-state index contributed by atoms with van der Waals surface area (Å²) in [7, 11) is 0. The third-order valence-electron chi connectivity index (χ3n) is 2.99. The van der Waals surface area contributed by atoms with Crippen molar-refractivity contribution in [2.75, 3.05) is 19.8 Å². The van der Waals surface area contributed by atoms with Gasteiger partial charge in [-0.2, -0.15) is 0 Å². The molecule has 0 aromatic carbocycles. The van der Waals surface area contributed by atoms with Crippen LogP contribution in [-0.2, 0) is 4.74 Å². The van der Waals surface area contributed by atoms with Gasteiger partial charge in [0.05, 0.1) is 30.6 Å².